The maximum atomic E-state index is 10.6. The lowest BCUT2D eigenvalue weighted by Crippen LogP contribution is -2.71. The summed E-state index contributed by atoms with van der Waals surface area (Å²) in [6, 6.07) is 12.6. The van der Waals surface area contributed by atoms with Crippen LogP contribution in [0.2, 0.25) is 0 Å². The van der Waals surface area contributed by atoms with Gasteiger partial charge >= 0.3 is 0 Å². The summed E-state index contributed by atoms with van der Waals surface area (Å²) < 4.78 is 0. The van der Waals surface area contributed by atoms with Crippen LogP contribution < -0.4 is 4.90 Å². The number of aromatic hydroxyl groups is 1. The van der Waals surface area contributed by atoms with Gasteiger partial charge in [-0.1, -0.05) is 37.8 Å². The summed E-state index contributed by atoms with van der Waals surface area (Å²) in [6.45, 7) is 0. The lowest BCUT2D eigenvalue weighted by Gasteiger charge is -2.62. The monoisotopic (exact) mass is 335 g/mol. The maximum Gasteiger partial charge on any atom is 0.138 e. The molecular formula is C21H25N3O. The van der Waals surface area contributed by atoms with Gasteiger partial charge in [-0.3, -0.25) is 0 Å². The molecule has 2 aliphatic carbocycles. The molecule has 1 N–H and O–H groups in total. The van der Waals surface area contributed by atoms with Crippen molar-refractivity contribution in [2.45, 2.75) is 68.9 Å². The molecule has 4 heteroatoms. The number of hydrogen-bond acceptors (Lipinski definition) is 4. The molecule has 130 valence electrons. The number of phenolic OH excluding ortho intramolecular Hbond substituents is 1. The fourth-order valence-electron chi connectivity index (χ4n) is 5.85. The van der Waals surface area contributed by atoms with Crippen molar-refractivity contribution in [3.63, 3.8) is 0 Å². The Morgan fingerprint density at radius 2 is 1.48 bits per heavy atom. The molecule has 1 aromatic carbocycles. The Labute approximate surface area is 149 Å². The Bertz CT molecular complexity index is 708. The van der Waals surface area contributed by atoms with Crippen LogP contribution in [0.5, 0.6) is 5.75 Å². The molecule has 0 aromatic heterocycles. The number of piperidine rings is 1. The predicted octanol–water partition coefficient (Wildman–Crippen LogP) is 4.51. The molecule has 0 bridgehead atoms. The highest BCUT2D eigenvalue weighted by atomic mass is 16.3. The number of benzene rings is 1. The number of phenols is 1. The number of anilines is 1. The van der Waals surface area contributed by atoms with E-state index in [2.05, 4.69) is 17.0 Å². The van der Waals surface area contributed by atoms with Crippen molar-refractivity contribution in [1.29, 1.82) is 10.5 Å². The molecule has 1 saturated heterocycles. The molecule has 4 rings (SSSR count). The van der Waals surface area contributed by atoms with Gasteiger partial charge in [0, 0.05) is 0 Å². The third-order valence-corrected chi connectivity index (χ3v) is 6.95. The van der Waals surface area contributed by atoms with E-state index in [-0.39, 0.29) is 17.6 Å². The first-order valence-corrected chi connectivity index (χ1v) is 9.59. The highest BCUT2D eigenvalue weighted by Crippen LogP contribution is 2.58. The summed E-state index contributed by atoms with van der Waals surface area (Å²) in [5, 5.41) is 31.2. The highest BCUT2D eigenvalue weighted by Gasteiger charge is 2.62. The first-order chi connectivity index (χ1) is 12.2. The first-order valence-electron chi connectivity index (χ1n) is 9.59. The summed E-state index contributed by atoms with van der Waals surface area (Å²) >= 11 is 0. The van der Waals surface area contributed by atoms with Gasteiger partial charge in [-0.2, -0.15) is 10.5 Å². The van der Waals surface area contributed by atoms with Crippen LogP contribution in [-0.4, -0.2) is 16.2 Å². The second-order valence-electron chi connectivity index (χ2n) is 8.02. The van der Waals surface area contributed by atoms with Crippen LogP contribution in [0.3, 0.4) is 0 Å². The summed E-state index contributed by atoms with van der Waals surface area (Å²) in [4.78, 5) is 2.09. The van der Waals surface area contributed by atoms with Gasteiger partial charge in [0.05, 0.1) is 17.8 Å². The van der Waals surface area contributed by atoms with E-state index in [4.69, 9.17) is 0 Å². The van der Waals surface area contributed by atoms with Crippen molar-refractivity contribution in [2.75, 3.05) is 4.90 Å². The zero-order valence-electron chi connectivity index (χ0n) is 14.6. The van der Waals surface area contributed by atoms with E-state index in [1.54, 1.807) is 12.1 Å². The van der Waals surface area contributed by atoms with Gasteiger partial charge in [-0.15, -0.1) is 0 Å². The zero-order chi connectivity index (χ0) is 17.5. The largest absolute Gasteiger partial charge is 0.506 e. The third kappa shape index (κ3) is 2.17. The van der Waals surface area contributed by atoms with Crippen LogP contribution in [0.4, 0.5) is 5.69 Å². The molecule has 0 unspecified atom stereocenters. The Balaban J connectivity index is 1.95. The minimum atomic E-state index is -0.666. The number of para-hydroxylation sites is 2. The van der Waals surface area contributed by atoms with E-state index < -0.39 is 11.1 Å². The molecule has 4 atom stereocenters. The van der Waals surface area contributed by atoms with Crippen molar-refractivity contribution in [3.05, 3.63) is 24.3 Å². The first kappa shape index (κ1) is 16.3. The molecule has 3 aliphatic rings. The second kappa shape index (κ2) is 5.95. The molecule has 25 heavy (non-hydrogen) atoms. The van der Waals surface area contributed by atoms with E-state index in [0.717, 1.165) is 57.8 Å². The van der Waals surface area contributed by atoms with Crippen molar-refractivity contribution in [1.82, 2.24) is 0 Å². The Hall–Kier alpha value is -2.20. The molecule has 0 spiro atoms. The van der Waals surface area contributed by atoms with Gasteiger partial charge in [0.1, 0.15) is 16.8 Å². The summed E-state index contributed by atoms with van der Waals surface area (Å²) in [7, 11) is 0. The van der Waals surface area contributed by atoms with E-state index >= 15 is 0 Å². The summed E-state index contributed by atoms with van der Waals surface area (Å²) in [5.41, 5.74) is -0.662. The number of fused-ring (bicyclic) bond motifs is 2. The zero-order valence-corrected chi connectivity index (χ0v) is 14.6. The van der Waals surface area contributed by atoms with Crippen LogP contribution in [-0.2, 0) is 0 Å². The van der Waals surface area contributed by atoms with Gasteiger partial charge in [-0.25, -0.2) is 0 Å². The molecule has 3 fully saturated rings. The molecule has 0 amide bonds. The van der Waals surface area contributed by atoms with E-state index in [1.165, 1.54) is 0 Å². The lowest BCUT2D eigenvalue weighted by molar-refractivity contribution is 0.0610. The van der Waals surface area contributed by atoms with E-state index in [9.17, 15) is 15.6 Å². The summed E-state index contributed by atoms with van der Waals surface area (Å²) in [5.74, 6) is 0.758. The number of rotatable bonds is 1. The third-order valence-electron chi connectivity index (χ3n) is 6.95. The van der Waals surface area contributed by atoms with Crippen LogP contribution in [0, 0.1) is 34.5 Å². The topological polar surface area (TPSA) is 71.0 Å². The van der Waals surface area contributed by atoms with Gasteiger partial charge in [-0.05, 0) is 56.1 Å². The second-order valence-corrected chi connectivity index (χ2v) is 8.02. The maximum absolute atomic E-state index is 10.6. The van der Waals surface area contributed by atoms with Crippen LogP contribution >= 0.6 is 0 Å². The smallest absolute Gasteiger partial charge is 0.138 e. The lowest BCUT2D eigenvalue weighted by atomic mass is 9.56. The number of hydrogen-bond donors (Lipinski definition) is 1. The van der Waals surface area contributed by atoms with Crippen LogP contribution in [0.25, 0.3) is 0 Å². The fraction of sp³-hybridized carbons (Fsp3) is 0.619. The van der Waals surface area contributed by atoms with Crippen molar-refractivity contribution < 1.29 is 5.11 Å². The Kier molecular flexibility index (Phi) is 3.88. The number of nitriles is 2. The van der Waals surface area contributed by atoms with E-state index in [1.807, 2.05) is 12.1 Å². The van der Waals surface area contributed by atoms with Gasteiger partial charge < -0.3 is 10.0 Å². The van der Waals surface area contributed by atoms with Crippen molar-refractivity contribution in [2.24, 2.45) is 11.8 Å². The van der Waals surface area contributed by atoms with Crippen LogP contribution in [0.15, 0.2) is 24.3 Å². The minimum Gasteiger partial charge on any atom is -0.506 e. The fourth-order valence-corrected chi connectivity index (χ4v) is 5.85. The Morgan fingerprint density at radius 3 is 2.00 bits per heavy atom. The quantitative estimate of drug-likeness (QED) is 0.820. The van der Waals surface area contributed by atoms with Crippen molar-refractivity contribution in [3.8, 4) is 17.9 Å². The summed E-state index contributed by atoms with van der Waals surface area (Å²) in [6.07, 6.45) is 9.01. The minimum absolute atomic E-state index is 0.183. The average molecular weight is 335 g/mol. The molecule has 1 aliphatic heterocycles. The molecule has 0 radical (unpaired) electrons. The molecule has 2 saturated carbocycles. The number of nitrogens with zero attached hydrogens (tertiary/aromatic N) is 3. The van der Waals surface area contributed by atoms with Gasteiger partial charge in [0.2, 0.25) is 0 Å². The molecule has 4 nitrogen and oxygen atoms in total. The van der Waals surface area contributed by atoms with Crippen LogP contribution in [0.1, 0.15) is 57.8 Å². The highest BCUT2D eigenvalue weighted by molar-refractivity contribution is 5.66. The Morgan fingerprint density at radius 1 is 0.920 bits per heavy atom. The average Bonchev–Trinajstić information content (AvgIpc) is 2.66. The molecule has 1 aromatic rings. The predicted molar refractivity (Wildman–Crippen MR) is 95.8 cm³/mol. The van der Waals surface area contributed by atoms with E-state index in [0.29, 0.717) is 5.69 Å². The van der Waals surface area contributed by atoms with Crippen molar-refractivity contribution >= 4 is 5.69 Å². The SMILES string of the molecule is N#C[C@]12CCCC[C@@H]1C[C@H]1CCCC[C@]1(C#N)N2c1ccccc1O. The molecular weight excluding hydrogens is 310 g/mol. The standard InChI is InChI=1S/C21H25N3O/c22-14-20-11-5-3-7-16(20)13-17-8-4-6-12-21(17,15-23)24(20)18-9-1-2-10-19(18)25/h1-2,9-10,16-17,25H,3-8,11-13H2/t16-,17-,20-,21-/m1/s1. The normalized spacial score (nSPS) is 37.3. The van der Waals surface area contributed by atoms with Gasteiger partial charge in [0.25, 0.3) is 0 Å². The van der Waals surface area contributed by atoms with Gasteiger partial charge in [0.15, 0.2) is 0 Å². The molecule has 1 heterocycles.